The Balaban J connectivity index is 1.66. The molecular weight excluding hydrogens is 420 g/mol. The van der Waals surface area contributed by atoms with Crippen molar-refractivity contribution in [2.24, 2.45) is 0 Å². The number of aromatic nitrogens is 1. The lowest BCUT2D eigenvalue weighted by atomic mass is 9.95. The molecular formula is C25H24F4N2O. The molecule has 1 amide bonds. The highest BCUT2D eigenvalue weighted by atomic mass is 19.4. The molecule has 0 saturated carbocycles. The van der Waals surface area contributed by atoms with Crippen LogP contribution in [0.25, 0.3) is 0 Å². The molecule has 1 aliphatic carbocycles. The maximum absolute atomic E-state index is 13.2. The van der Waals surface area contributed by atoms with Gasteiger partial charge in [-0.15, -0.1) is 0 Å². The summed E-state index contributed by atoms with van der Waals surface area (Å²) in [4.78, 5) is 13.2. The second-order valence-corrected chi connectivity index (χ2v) is 8.20. The summed E-state index contributed by atoms with van der Waals surface area (Å²) in [5, 5.41) is 2.88. The van der Waals surface area contributed by atoms with E-state index in [4.69, 9.17) is 0 Å². The zero-order chi connectivity index (χ0) is 22.9. The van der Waals surface area contributed by atoms with Crippen molar-refractivity contribution in [2.45, 2.75) is 51.9 Å². The van der Waals surface area contributed by atoms with E-state index < -0.39 is 11.7 Å². The SMILES string of the molecule is Cc1c2c(n(Cc3cccc(C(F)(F)F)c3)c1C(=O)NCc1ccc(F)cc1)CCCC2. The van der Waals surface area contributed by atoms with Crippen LogP contribution < -0.4 is 5.32 Å². The van der Waals surface area contributed by atoms with E-state index in [1.54, 1.807) is 18.2 Å². The molecule has 32 heavy (non-hydrogen) atoms. The molecule has 0 spiro atoms. The summed E-state index contributed by atoms with van der Waals surface area (Å²) >= 11 is 0. The number of carbonyl (C=O) groups excluding carboxylic acids is 1. The fourth-order valence-corrected chi connectivity index (χ4v) is 4.44. The van der Waals surface area contributed by atoms with Crippen molar-refractivity contribution in [1.82, 2.24) is 9.88 Å². The Morgan fingerprint density at radius 2 is 1.75 bits per heavy atom. The molecule has 0 atom stereocenters. The monoisotopic (exact) mass is 444 g/mol. The molecule has 0 fully saturated rings. The number of carbonyl (C=O) groups is 1. The normalized spacial score (nSPS) is 13.7. The van der Waals surface area contributed by atoms with Crippen molar-refractivity contribution in [3.8, 4) is 0 Å². The number of nitrogens with one attached hydrogen (secondary N) is 1. The number of hydrogen-bond acceptors (Lipinski definition) is 1. The van der Waals surface area contributed by atoms with Crippen LogP contribution in [0.5, 0.6) is 0 Å². The lowest BCUT2D eigenvalue weighted by molar-refractivity contribution is -0.137. The van der Waals surface area contributed by atoms with Crippen LogP contribution in [0, 0.1) is 12.7 Å². The second kappa shape index (κ2) is 8.81. The van der Waals surface area contributed by atoms with Crippen molar-refractivity contribution in [3.05, 3.63) is 93.6 Å². The highest BCUT2D eigenvalue weighted by molar-refractivity contribution is 5.95. The number of alkyl halides is 3. The van der Waals surface area contributed by atoms with Crippen molar-refractivity contribution in [1.29, 1.82) is 0 Å². The molecule has 1 heterocycles. The minimum absolute atomic E-state index is 0.194. The van der Waals surface area contributed by atoms with Crippen molar-refractivity contribution >= 4 is 5.91 Å². The van der Waals surface area contributed by atoms with Crippen molar-refractivity contribution < 1.29 is 22.4 Å². The summed E-state index contributed by atoms with van der Waals surface area (Å²) in [6.45, 7) is 2.33. The van der Waals surface area contributed by atoms with Gasteiger partial charge in [-0.2, -0.15) is 13.2 Å². The van der Waals surface area contributed by atoms with E-state index in [9.17, 15) is 22.4 Å². The van der Waals surface area contributed by atoms with Crippen LogP contribution in [0.15, 0.2) is 48.5 Å². The summed E-state index contributed by atoms with van der Waals surface area (Å²) in [7, 11) is 0. The highest BCUT2D eigenvalue weighted by Crippen LogP contribution is 2.32. The molecule has 1 aliphatic rings. The second-order valence-electron chi connectivity index (χ2n) is 8.20. The number of benzene rings is 2. The lowest BCUT2D eigenvalue weighted by Crippen LogP contribution is -2.27. The third-order valence-electron chi connectivity index (χ3n) is 6.02. The lowest BCUT2D eigenvalue weighted by Gasteiger charge is -2.18. The van der Waals surface area contributed by atoms with E-state index >= 15 is 0 Å². The van der Waals surface area contributed by atoms with Crippen LogP contribution in [0.3, 0.4) is 0 Å². The first-order valence-electron chi connectivity index (χ1n) is 10.6. The van der Waals surface area contributed by atoms with Gasteiger partial charge in [0.1, 0.15) is 11.5 Å². The van der Waals surface area contributed by atoms with E-state index in [2.05, 4.69) is 5.32 Å². The molecule has 7 heteroatoms. The van der Waals surface area contributed by atoms with Gasteiger partial charge >= 0.3 is 6.18 Å². The summed E-state index contributed by atoms with van der Waals surface area (Å²) in [5.74, 6) is -0.633. The van der Waals surface area contributed by atoms with Gasteiger partial charge in [-0.05, 0) is 79.1 Å². The molecule has 168 valence electrons. The van der Waals surface area contributed by atoms with Crippen LogP contribution in [-0.4, -0.2) is 10.5 Å². The summed E-state index contributed by atoms with van der Waals surface area (Å²) in [5.41, 5.74) is 4.07. The van der Waals surface area contributed by atoms with Gasteiger partial charge in [0.2, 0.25) is 0 Å². The van der Waals surface area contributed by atoms with Crippen LogP contribution in [0.2, 0.25) is 0 Å². The fourth-order valence-electron chi connectivity index (χ4n) is 4.44. The predicted octanol–water partition coefficient (Wildman–Crippen LogP) is 5.81. The van der Waals surface area contributed by atoms with E-state index in [1.165, 1.54) is 18.2 Å². The van der Waals surface area contributed by atoms with Crippen molar-refractivity contribution in [2.75, 3.05) is 0 Å². The third-order valence-corrected chi connectivity index (χ3v) is 6.02. The average Bonchev–Trinajstić information content (AvgIpc) is 3.04. The Hall–Kier alpha value is -3.09. The number of halogens is 4. The molecule has 0 bridgehead atoms. The number of fused-ring (bicyclic) bond motifs is 1. The van der Waals surface area contributed by atoms with Gasteiger partial charge < -0.3 is 9.88 Å². The van der Waals surface area contributed by atoms with Gasteiger partial charge in [-0.3, -0.25) is 4.79 Å². The van der Waals surface area contributed by atoms with Gasteiger partial charge in [0, 0.05) is 18.8 Å². The quantitative estimate of drug-likeness (QED) is 0.495. The van der Waals surface area contributed by atoms with Gasteiger partial charge in [-0.25, -0.2) is 4.39 Å². The molecule has 0 aliphatic heterocycles. The molecule has 1 aromatic heterocycles. The van der Waals surface area contributed by atoms with E-state index in [0.29, 0.717) is 11.3 Å². The highest BCUT2D eigenvalue weighted by Gasteiger charge is 2.31. The van der Waals surface area contributed by atoms with Gasteiger partial charge in [-0.1, -0.05) is 24.3 Å². The Morgan fingerprint density at radius 3 is 2.47 bits per heavy atom. The number of rotatable bonds is 5. The minimum Gasteiger partial charge on any atom is -0.347 e. The number of nitrogens with zero attached hydrogens (tertiary/aromatic N) is 1. The molecule has 0 unspecified atom stereocenters. The van der Waals surface area contributed by atoms with E-state index in [0.717, 1.165) is 60.2 Å². The first-order chi connectivity index (χ1) is 15.2. The Bertz CT molecular complexity index is 1130. The summed E-state index contributed by atoms with van der Waals surface area (Å²) < 4.78 is 54.6. The Kier molecular flexibility index (Phi) is 6.09. The van der Waals surface area contributed by atoms with Gasteiger partial charge in [0.25, 0.3) is 5.91 Å². The minimum atomic E-state index is -4.42. The molecule has 3 nitrogen and oxygen atoms in total. The third kappa shape index (κ3) is 4.56. The van der Waals surface area contributed by atoms with Crippen LogP contribution in [-0.2, 0) is 32.1 Å². The molecule has 0 radical (unpaired) electrons. The number of hydrogen-bond donors (Lipinski definition) is 1. The molecule has 1 N–H and O–H groups in total. The largest absolute Gasteiger partial charge is 0.416 e. The van der Waals surface area contributed by atoms with Gasteiger partial charge in [0.15, 0.2) is 0 Å². The van der Waals surface area contributed by atoms with E-state index in [1.807, 2.05) is 11.5 Å². The zero-order valence-corrected chi connectivity index (χ0v) is 17.7. The molecule has 4 rings (SSSR count). The smallest absolute Gasteiger partial charge is 0.347 e. The summed E-state index contributed by atoms with van der Waals surface area (Å²) in [6, 6.07) is 11.1. The Morgan fingerprint density at radius 1 is 1.03 bits per heavy atom. The first-order valence-corrected chi connectivity index (χ1v) is 10.6. The first kappa shape index (κ1) is 22.1. The standard InChI is InChI=1S/C25H24F4N2O/c1-16-21-7-2-3-8-22(21)31(15-18-5-4-6-19(13-18)25(27,28)29)23(16)24(32)30-14-17-9-11-20(26)12-10-17/h4-6,9-13H,2-3,7-8,14-15H2,1H3,(H,30,32). The van der Waals surface area contributed by atoms with Crippen molar-refractivity contribution in [3.63, 3.8) is 0 Å². The average molecular weight is 444 g/mol. The van der Waals surface area contributed by atoms with Crippen LogP contribution in [0.1, 0.15) is 56.8 Å². The molecule has 2 aromatic carbocycles. The maximum atomic E-state index is 13.2. The van der Waals surface area contributed by atoms with Gasteiger partial charge in [0.05, 0.1) is 5.56 Å². The fraction of sp³-hybridized carbons (Fsp3) is 0.320. The Labute approximate surface area is 184 Å². The van der Waals surface area contributed by atoms with Crippen LogP contribution in [0.4, 0.5) is 17.6 Å². The topological polar surface area (TPSA) is 34.0 Å². The number of amides is 1. The predicted molar refractivity (Wildman–Crippen MR) is 114 cm³/mol. The maximum Gasteiger partial charge on any atom is 0.416 e. The zero-order valence-electron chi connectivity index (χ0n) is 17.7. The molecule has 3 aromatic rings. The molecule has 0 saturated heterocycles. The summed E-state index contributed by atoms with van der Waals surface area (Å²) in [6.07, 6.45) is -0.763. The van der Waals surface area contributed by atoms with Crippen LogP contribution >= 0.6 is 0 Å². The van der Waals surface area contributed by atoms with E-state index in [-0.39, 0.29) is 24.8 Å².